The zero-order valence-corrected chi connectivity index (χ0v) is 15.6. The van der Waals surface area contributed by atoms with Gasteiger partial charge < -0.3 is 9.88 Å². The molecule has 4 aromatic rings. The molecule has 0 radical (unpaired) electrons. The molecule has 0 saturated carbocycles. The molecule has 144 valence electrons. The number of carbonyl (C=O) groups is 1. The van der Waals surface area contributed by atoms with Gasteiger partial charge in [-0.25, -0.2) is 4.98 Å². The Labute approximate surface area is 166 Å². The fourth-order valence-electron chi connectivity index (χ4n) is 3.24. The van der Waals surface area contributed by atoms with Crippen molar-refractivity contribution in [1.29, 1.82) is 5.41 Å². The molecule has 0 atom stereocenters. The number of hydrogen-bond donors (Lipinski definition) is 2. The van der Waals surface area contributed by atoms with E-state index in [0.29, 0.717) is 17.8 Å². The van der Waals surface area contributed by atoms with Crippen LogP contribution in [0.2, 0.25) is 0 Å². The van der Waals surface area contributed by atoms with E-state index in [0.717, 1.165) is 5.56 Å². The van der Waals surface area contributed by atoms with E-state index in [2.05, 4.69) is 16.9 Å². The van der Waals surface area contributed by atoms with E-state index in [9.17, 15) is 9.59 Å². The Bertz CT molecular complexity index is 1350. The molecular weight excluding hydrogens is 366 g/mol. The molecule has 7 nitrogen and oxygen atoms in total. The van der Waals surface area contributed by atoms with Gasteiger partial charge in [-0.1, -0.05) is 42.5 Å². The third-order valence-electron chi connectivity index (χ3n) is 4.65. The van der Waals surface area contributed by atoms with Gasteiger partial charge in [-0.2, -0.15) is 0 Å². The summed E-state index contributed by atoms with van der Waals surface area (Å²) in [7, 11) is 0. The lowest BCUT2D eigenvalue weighted by atomic mass is 10.1. The van der Waals surface area contributed by atoms with E-state index in [1.54, 1.807) is 35.0 Å². The number of carbonyl (C=O) groups excluding carboxylic acids is 1. The van der Waals surface area contributed by atoms with Crippen LogP contribution in [0.25, 0.3) is 16.7 Å². The molecule has 3 heterocycles. The van der Waals surface area contributed by atoms with Crippen LogP contribution in [0.3, 0.4) is 0 Å². The van der Waals surface area contributed by atoms with Gasteiger partial charge in [-0.3, -0.25) is 19.4 Å². The van der Waals surface area contributed by atoms with Crippen LogP contribution in [0.4, 0.5) is 0 Å². The van der Waals surface area contributed by atoms with Gasteiger partial charge in [0.25, 0.3) is 11.5 Å². The van der Waals surface area contributed by atoms with E-state index < -0.39 is 5.91 Å². The third-order valence-corrected chi connectivity index (χ3v) is 4.65. The Morgan fingerprint density at radius 1 is 1.17 bits per heavy atom. The predicted molar refractivity (Wildman–Crippen MR) is 111 cm³/mol. The lowest BCUT2D eigenvalue weighted by Crippen LogP contribution is -2.35. The van der Waals surface area contributed by atoms with Gasteiger partial charge in [0.15, 0.2) is 0 Å². The van der Waals surface area contributed by atoms with Crippen LogP contribution in [0.1, 0.15) is 15.9 Å². The van der Waals surface area contributed by atoms with Crippen LogP contribution in [0, 0.1) is 5.41 Å². The summed E-state index contributed by atoms with van der Waals surface area (Å²) >= 11 is 0. The summed E-state index contributed by atoms with van der Waals surface area (Å²) in [4.78, 5) is 30.3. The molecule has 0 fully saturated rings. The summed E-state index contributed by atoms with van der Waals surface area (Å²) in [5.41, 5.74) is 1.61. The molecule has 0 spiro atoms. The van der Waals surface area contributed by atoms with Crippen molar-refractivity contribution in [2.75, 3.05) is 6.54 Å². The van der Waals surface area contributed by atoms with Gasteiger partial charge in [0.05, 0.1) is 17.5 Å². The van der Waals surface area contributed by atoms with Gasteiger partial charge in [0.2, 0.25) is 0 Å². The summed E-state index contributed by atoms with van der Waals surface area (Å²) in [5.74, 6) is -0.434. The molecule has 1 aromatic carbocycles. The van der Waals surface area contributed by atoms with E-state index in [1.807, 2.05) is 30.3 Å². The number of amides is 1. The highest BCUT2D eigenvalue weighted by atomic mass is 16.1. The van der Waals surface area contributed by atoms with Gasteiger partial charge in [-0.05, 0) is 23.8 Å². The average molecular weight is 385 g/mol. The predicted octanol–water partition coefficient (Wildman–Crippen LogP) is 2.09. The summed E-state index contributed by atoms with van der Waals surface area (Å²) < 4.78 is 3.03. The molecule has 1 amide bonds. The highest BCUT2D eigenvalue weighted by Gasteiger charge is 2.17. The largest absolute Gasteiger partial charge is 0.348 e. The minimum atomic E-state index is -0.434. The normalized spacial score (nSPS) is 10.9. The molecule has 0 unspecified atom stereocenters. The summed E-state index contributed by atoms with van der Waals surface area (Å²) in [5, 5.41) is 11.6. The standard InChI is InChI=1S/C22H19N5O2/c1-2-11-24-21(28)16-13-17-20(25-18-10-6-7-12-26(18)22(17)29)27(19(16)23)14-15-8-4-3-5-9-15/h2-10,12-13,23H,1,11,14H2,(H,24,28). The first-order valence-corrected chi connectivity index (χ1v) is 9.12. The molecule has 4 rings (SSSR count). The van der Waals surface area contributed by atoms with Gasteiger partial charge >= 0.3 is 0 Å². The van der Waals surface area contributed by atoms with E-state index >= 15 is 0 Å². The molecule has 29 heavy (non-hydrogen) atoms. The topological polar surface area (TPSA) is 92.2 Å². The van der Waals surface area contributed by atoms with Crippen LogP contribution < -0.4 is 16.4 Å². The Morgan fingerprint density at radius 2 is 1.93 bits per heavy atom. The van der Waals surface area contributed by atoms with Crippen LogP contribution in [0.5, 0.6) is 0 Å². The Morgan fingerprint density at radius 3 is 2.69 bits per heavy atom. The smallest absolute Gasteiger partial charge is 0.267 e. The first-order valence-electron chi connectivity index (χ1n) is 9.12. The van der Waals surface area contributed by atoms with Gasteiger partial charge in [-0.15, -0.1) is 6.58 Å². The van der Waals surface area contributed by atoms with Crippen LogP contribution in [0.15, 0.2) is 78.2 Å². The molecule has 0 aliphatic heterocycles. The third kappa shape index (κ3) is 3.34. The first-order chi connectivity index (χ1) is 14.1. The maximum atomic E-state index is 13.1. The van der Waals surface area contributed by atoms with Crippen molar-refractivity contribution in [2.45, 2.75) is 6.54 Å². The van der Waals surface area contributed by atoms with Crippen molar-refractivity contribution in [3.8, 4) is 0 Å². The highest BCUT2D eigenvalue weighted by Crippen LogP contribution is 2.12. The summed E-state index contributed by atoms with van der Waals surface area (Å²) in [6.07, 6.45) is 3.20. The van der Waals surface area contributed by atoms with E-state index in [1.165, 1.54) is 10.5 Å². The van der Waals surface area contributed by atoms with Crippen molar-refractivity contribution >= 4 is 22.6 Å². The second-order valence-electron chi connectivity index (χ2n) is 6.56. The molecule has 3 aromatic heterocycles. The highest BCUT2D eigenvalue weighted by molar-refractivity contribution is 5.96. The zero-order valence-electron chi connectivity index (χ0n) is 15.6. The maximum Gasteiger partial charge on any atom is 0.267 e. The Balaban J connectivity index is 2.04. The van der Waals surface area contributed by atoms with Crippen LogP contribution in [-0.4, -0.2) is 26.4 Å². The summed E-state index contributed by atoms with van der Waals surface area (Å²) in [6, 6.07) is 16.3. The van der Waals surface area contributed by atoms with Gasteiger partial charge in [0, 0.05) is 12.7 Å². The van der Waals surface area contributed by atoms with Crippen molar-refractivity contribution < 1.29 is 4.79 Å². The summed E-state index contributed by atoms with van der Waals surface area (Å²) in [6.45, 7) is 4.17. The molecular formula is C22H19N5O2. The van der Waals surface area contributed by atoms with Crippen molar-refractivity contribution in [1.82, 2.24) is 19.3 Å². The number of hydrogen-bond acceptors (Lipinski definition) is 4. The minimum Gasteiger partial charge on any atom is -0.348 e. The number of nitrogens with zero attached hydrogens (tertiary/aromatic N) is 3. The average Bonchev–Trinajstić information content (AvgIpc) is 2.75. The lowest BCUT2D eigenvalue weighted by Gasteiger charge is -2.14. The molecule has 0 bridgehead atoms. The second kappa shape index (κ2) is 7.55. The number of benzene rings is 1. The quantitative estimate of drug-likeness (QED) is 0.407. The van der Waals surface area contributed by atoms with Gasteiger partial charge in [0.1, 0.15) is 16.8 Å². The molecule has 0 aliphatic rings. The molecule has 0 saturated heterocycles. The van der Waals surface area contributed by atoms with E-state index in [4.69, 9.17) is 5.41 Å². The Hall–Kier alpha value is -4.00. The number of rotatable bonds is 5. The lowest BCUT2D eigenvalue weighted by molar-refractivity contribution is 0.0955. The van der Waals surface area contributed by atoms with Crippen molar-refractivity contribution in [3.63, 3.8) is 0 Å². The first kappa shape index (κ1) is 18.4. The number of fused-ring (bicyclic) bond motifs is 2. The van der Waals surface area contributed by atoms with Crippen molar-refractivity contribution in [2.24, 2.45) is 0 Å². The minimum absolute atomic E-state index is 0.00454. The second-order valence-corrected chi connectivity index (χ2v) is 6.56. The van der Waals surface area contributed by atoms with Crippen LogP contribution in [-0.2, 0) is 6.54 Å². The zero-order chi connectivity index (χ0) is 20.4. The fourth-order valence-corrected chi connectivity index (χ4v) is 3.24. The SMILES string of the molecule is C=CCNC(=O)c1cc2c(=O)n3ccccc3nc2n(Cc2ccccc2)c1=N. The molecule has 0 aliphatic carbocycles. The monoisotopic (exact) mass is 385 g/mol. The number of pyridine rings is 2. The molecule has 7 heteroatoms. The fraction of sp³-hybridized carbons (Fsp3) is 0.0909. The van der Waals surface area contributed by atoms with Crippen LogP contribution >= 0.6 is 0 Å². The van der Waals surface area contributed by atoms with E-state index in [-0.39, 0.29) is 28.5 Å². The Kier molecular flexibility index (Phi) is 4.78. The number of nitrogens with one attached hydrogen (secondary N) is 2. The number of aromatic nitrogens is 3. The molecule has 2 N–H and O–H groups in total. The van der Waals surface area contributed by atoms with Crippen molar-refractivity contribution in [3.05, 3.63) is 100 Å². The maximum absolute atomic E-state index is 13.1.